The predicted molar refractivity (Wildman–Crippen MR) is 130 cm³/mol. The predicted octanol–water partition coefficient (Wildman–Crippen LogP) is 2.94. The number of aromatic nitrogens is 1. The van der Waals surface area contributed by atoms with Crippen LogP contribution in [0.1, 0.15) is 52.0 Å². The molecule has 0 spiro atoms. The van der Waals surface area contributed by atoms with E-state index >= 15 is 0 Å². The molecule has 2 aliphatic rings. The van der Waals surface area contributed by atoms with E-state index in [1.807, 2.05) is 0 Å². The number of hydrogen-bond acceptors (Lipinski definition) is 5. The third kappa shape index (κ3) is 5.02. The zero-order chi connectivity index (χ0) is 25.7. The molecule has 35 heavy (non-hydrogen) atoms. The second-order valence-electron chi connectivity index (χ2n) is 10.4. The first-order chi connectivity index (χ1) is 16.3. The summed E-state index contributed by atoms with van der Waals surface area (Å²) in [4.78, 5) is 30.8. The number of likely N-dealkylation sites (tertiary alicyclic amines) is 1. The number of hydrogen-bond donors (Lipinski definition) is 2. The van der Waals surface area contributed by atoms with Gasteiger partial charge in [0.05, 0.1) is 12.3 Å². The van der Waals surface area contributed by atoms with Crippen molar-refractivity contribution < 1.29 is 27.1 Å². The Bertz CT molecular complexity index is 1240. The summed E-state index contributed by atoms with van der Waals surface area (Å²) in [7, 11) is -3.52. The summed E-state index contributed by atoms with van der Waals surface area (Å²) in [5.41, 5.74) is 0.753. The van der Waals surface area contributed by atoms with E-state index in [1.54, 1.807) is 44.9 Å². The van der Waals surface area contributed by atoms with Crippen LogP contribution in [0.5, 0.6) is 0 Å². The van der Waals surface area contributed by atoms with Crippen LogP contribution in [0.2, 0.25) is 0 Å². The van der Waals surface area contributed by atoms with E-state index in [0.29, 0.717) is 24.9 Å². The van der Waals surface area contributed by atoms with Gasteiger partial charge in [-0.2, -0.15) is 4.31 Å². The number of ether oxygens (including phenoxy) is 1. The van der Waals surface area contributed by atoms with Crippen molar-refractivity contribution in [3.05, 3.63) is 35.8 Å². The van der Waals surface area contributed by atoms with Gasteiger partial charge in [-0.1, -0.05) is 6.92 Å². The first kappa shape index (κ1) is 25.4. The molecule has 0 radical (unpaired) electrons. The van der Waals surface area contributed by atoms with Crippen molar-refractivity contribution >= 4 is 32.9 Å². The number of amides is 2. The molecule has 192 valence electrons. The molecule has 1 aromatic heterocycles. The van der Waals surface area contributed by atoms with E-state index in [-0.39, 0.29) is 30.2 Å². The molecule has 3 heterocycles. The Kier molecular flexibility index (Phi) is 6.60. The van der Waals surface area contributed by atoms with E-state index in [9.17, 15) is 22.4 Å². The largest absolute Gasteiger partial charge is 0.444 e. The Labute approximate surface area is 205 Å². The summed E-state index contributed by atoms with van der Waals surface area (Å²) in [5, 5.41) is 3.47. The second kappa shape index (κ2) is 9.09. The highest BCUT2D eigenvalue weighted by Gasteiger charge is 2.54. The van der Waals surface area contributed by atoms with Crippen LogP contribution in [0.15, 0.2) is 24.4 Å². The third-order valence-corrected chi connectivity index (χ3v) is 8.03. The van der Waals surface area contributed by atoms with Gasteiger partial charge < -0.3 is 19.9 Å². The number of fused-ring (bicyclic) bond motifs is 2. The third-order valence-electron chi connectivity index (χ3n) is 6.76. The SMILES string of the molecule is CCC(NC(=O)OC(C)(C)C)C(=O)N1CCC2C1C(c1c[nH]c3cc(F)ccc13)CN2S(C)(=O)=O. The molecule has 4 unspecified atom stereocenters. The Hall–Kier alpha value is -2.66. The number of H-pyrrole nitrogens is 1. The van der Waals surface area contributed by atoms with Crippen LogP contribution in [-0.4, -0.2) is 77.7 Å². The van der Waals surface area contributed by atoms with E-state index in [4.69, 9.17) is 4.74 Å². The summed E-state index contributed by atoms with van der Waals surface area (Å²) in [6.07, 6.45) is 3.14. The average Bonchev–Trinajstić information content (AvgIpc) is 3.42. The molecule has 1 aromatic carbocycles. The fourth-order valence-electron chi connectivity index (χ4n) is 5.37. The van der Waals surface area contributed by atoms with Crippen LogP contribution in [0.3, 0.4) is 0 Å². The highest BCUT2D eigenvalue weighted by atomic mass is 32.2. The smallest absolute Gasteiger partial charge is 0.408 e. The van der Waals surface area contributed by atoms with Gasteiger partial charge in [-0.15, -0.1) is 0 Å². The quantitative estimate of drug-likeness (QED) is 0.645. The summed E-state index contributed by atoms with van der Waals surface area (Å²) in [6.45, 7) is 7.64. The average molecular weight is 509 g/mol. The minimum Gasteiger partial charge on any atom is -0.444 e. The normalized spacial score (nSPS) is 23.9. The topological polar surface area (TPSA) is 112 Å². The van der Waals surface area contributed by atoms with E-state index in [1.165, 1.54) is 22.7 Å². The summed E-state index contributed by atoms with van der Waals surface area (Å²) < 4.78 is 45.8. The number of carbonyl (C=O) groups is 2. The number of benzene rings is 1. The van der Waals surface area contributed by atoms with Crippen LogP contribution in [0.25, 0.3) is 10.9 Å². The molecule has 4 rings (SSSR count). The van der Waals surface area contributed by atoms with Gasteiger partial charge in [0.2, 0.25) is 15.9 Å². The molecule has 2 N–H and O–H groups in total. The van der Waals surface area contributed by atoms with Crippen LogP contribution < -0.4 is 5.32 Å². The van der Waals surface area contributed by atoms with E-state index in [2.05, 4.69) is 10.3 Å². The number of sulfonamides is 1. The maximum absolute atomic E-state index is 13.8. The molecule has 11 heteroatoms. The van der Waals surface area contributed by atoms with Gasteiger partial charge in [-0.05, 0) is 57.4 Å². The molecule has 2 amide bonds. The van der Waals surface area contributed by atoms with Gasteiger partial charge in [-0.3, -0.25) is 4.79 Å². The molecular formula is C24H33FN4O5S. The lowest BCUT2D eigenvalue weighted by atomic mass is 9.91. The first-order valence-corrected chi connectivity index (χ1v) is 13.7. The molecular weight excluding hydrogens is 475 g/mol. The van der Waals surface area contributed by atoms with E-state index < -0.39 is 33.8 Å². The van der Waals surface area contributed by atoms with Gasteiger partial charge in [0, 0.05) is 42.1 Å². The van der Waals surface area contributed by atoms with Crippen LogP contribution in [0, 0.1) is 5.82 Å². The Morgan fingerprint density at radius 2 is 2.03 bits per heavy atom. The van der Waals surface area contributed by atoms with Crippen molar-refractivity contribution in [3.63, 3.8) is 0 Å². The van der Waals surface area contributed by atoms with Crippen LogP contribution in [-0.2, 0) is 19.6 Å². The minimum absolute atomic E-state index is 0.221. The number of halogens is 1. The number of nitrogens with zero attached hydrogens (tertiary/aromatic N) is 2. The number of carbonyl (C=O) groups excluding carboxylic acids is 2. The van der Waals surface area contributed by atoms with Gasteiger partial charge >= 0.3 is 6.09 Å². The lowest BCUT2D eigenvalue weighted by Gasteiger charge is -2.32. The fourth-order valence-corrected chi connectivity index (χ4v) is 6.53. The maximum Gasteiger partial charge on any atom is 0.408 e. The summed E-state index contributed by atoms with van der Waals surface area (Å²) in [5.74, 6) is -0.943. The van der Waals surface area contributed by atoms with E-state index in [0.717, 1.165) is 10.9 Å². The van der Waals surface area contributed by atoms with Crippen molar-refractivity contribution in [1.82, 2.24) is 19.5 Å². The van der Waals surface area contributed by atoms with Crippen molar-refractivity contribution in [3.8, 4) is 0 Å². The Balaban J connectivity index is 1.66. The molecule has 2 aromatic rings. The molecule has 9 nitrogen and oxygen atoms in total. The lowest BCUT2D eigenvalue weighted by molar-refractivity contribution is -0.134. The Morgan fingerprint density at radius 3 is 2.66 bits per heavy atom. The zero-order valence-electron chi connectivity index (χ0n) is 20.7. The van der Waals surface area contributed by atoms with Gasteiger partial charge in [0.1, 0.15) is 17.5 Å². The summed E-state index contributed by atoms with van der Waals surface area (Å²) in [6, 6.07) is 2.87. The fraction of sp³-hybridized carbons (Fsp3) is 0.583. The monoisotopic (exact) mass is 508 g/mol. The molecule has 0 saturated carbocycles. The highest BCUT2D eigenvalue weighted by molar-refractivity contribution is 7.88. The molecule has 4 atom stereocenters. The van der Waals surface area contributed by atoms with Gasteiger partial charge in [0.15, 0.2) is 0 Å². The van der Waals surface area contributed by atoms with Crippen molar-refractivity contribution in [2.45, 2.75) is 70.2 Å². The van der Waals surface area contributed by atoms with Crippen molar-refractivity contribution in [2.24, 2.45) is 0 Å². The van der Waals surface area contributed by atoms with Crippen molar-refractivity contribution in [1.29, 1.82) is 0 Å². The molecule has 2 saturated heterocycles. The summed E-state index contributed by atoms with van der Waals surface area (Å²) >= 11 is 0. The molecule has 0 bridgehead atoms. The van der Waals surface area contributed by atoms with Crippen LogP contribution in [0.4, 0.5) is 9.18 Å². The molecule has 2 aliphatic heterocycles. The van der Waals surface area contributed by atoms with Gasteiger partial charge in [-0.25, -0.2) is 17.6 Å². The molecule has 0 aliphatic carbocycles. The standard InChI is InChI=1S/C24H33FN4O5S/c1-6-18(27-23(31)34-24(2,3)4)22(30)28-10-9-20-21(28)17(13-29(20)35(5,32)33)16-12-26-19-11-14(25)7-8-15(16)19/h7-8,11-12,17-18,20-21,26H,6,9-10,13H2,1-5H3,(H,27,31). The number of alkyl carbamates (subject to hydrolysis) is 1. The maximum atomic E-state index is 13.8. The molecule has 2 fully saturated rings. The lowest BCUT2D eigenvalue weighted by Crippen LogP contribution is -2.52. The number of aromatic amines is 1. The van der Waals surface area contributed by atoms with Crippen molar-refractivity contribution in [2.75, 3.05) is 19.3 Å². The zero-order valence-corrected chi connectivity index (χ0v) is 21.5. The second-order valence-corrected chi connectivity index (χ2v) is 12.3. The number of nitrogens with one attached hydrogen (secondary N) is 2. The first-order valence-electron chi connectivity index (χ1n) is 11.8. The number of rotatable bonds is 5. The highest BCUT2D eigenvalue weighted by Crippen LogP contribution is 2.44. The minimum atomic E-state index is -3.52. The van der Waals surface area contributed by atoms with Crippen LogP contribution >= 0.6 is 0 Å². The Morgan fingerprint density at radius 1 is 1.31 bits per heavy atom. The van der Waals surface area contributed by atoms with Gasteiger partial charge in [0.25, 0.3) is 0 Å².